The normalized spacial score (nSPS) is 9.83. The zero-order valence-corrected chi connectivity index (χ0v) is 11.6. The highest BCUT2D eigenvalue weighted by Gasteiger charge is 2.06. The van der Waals surface area contributed by atoms with Gasteiger partial charge in [-0.05, 0) is 34.9 Å². The lowest BCUT2D eigenvalue weighted by Crippen LogP contribution is -1.88. The monoisotopic (exact) mass is 301 g/mol. The van der Waals surface area contributed by atoms with Crippen LogP contribution in [0.2, 0.25) is 0 Å². The first-order valence-electron chi connectivity index (χ1n) is 5.52. The first-order valence-corrected chi connectivity index (χ1v) is 6.64. The zero-order chi connectivity index (χ0) is 13.0. The van der Waals surface area contributed by atoms with Gasteiger partial charge in [0.1, 0.15) is 5.75 Å². The van der Waals surface area contributed by atoms with Crippen molar-refractivity contribution in [2.45, 2.75) is 5.33 Å². The molecule has 0 heterocycles. The van der Waals surface area contributed by atoms with Crippen LogP contribution in [0.5, 0.6) is 5.75 Å². The second kappa shape index (κ2) is 5.70. The summed E-state index contributed by atoms with van der Waals surface area (Å²) in [6.45, 7) is 0. The minimum Gasteiger partial charge on any atom is -0.497 e. The van der Waals surface area contributed by atoms with E-state index in [4.69, 9.17) is 4.74 Å². The van der Waals surface area contributed by atoms with Gasteiger partial charge in [0.05, 0.1) is 18.7 Å². The fourth-order valence-corrected chi connectivity index (χ4v) is 2.14. The largest absolute Gasteiger partial charge is 0.497 e. The van der Waals surface area contributed by atoms with E-state index >= 15 is 0 Å². The maximum Gasteiger partial charge on any atom is 0.120 e. The molecule has 2 aromatic rings. The summed E-state index contributed by atoms with van der Waals surface area (Å²) in [5.41, 5.74) is 3.81. The number of benzene rings is 2. The summed E-state index contributed by atoms with van der Waals surface area (Å²) in [7, 11) is 1.60. The lowest BCUT2D eigenvalue weighted by Gasteiger charge is -2.07. The van der Waals surface area contributed by atoms with Crippen LogP contribution in [0.15, 0.2) is 42.5 Å². The van der Waals surface area contributed by atoms with Crippen molar-refractivity contribution in [1.29, 1.82) is 5.26 Å². The van der Waals surface area contributed by atoms with Gasteiger partial charge in [-0.2, -0.15) is 5.26 Å². The molecule has 0 fully saturated rings. The van der Waals surface area contributed by atoms with Crippen molar-refractivity contribution < 1.29 is 4.74 Å². The number of rotatable bonds is 3. The van der Waals surface area contributed by atoms with Crippen LogP contribution in [0.1, 0.15) is 11.1 Å². The number of hydrogen-bond donors (Lipinski definition) is 0. The van der Waals surface area contributed by atoms with Crippen LogP contribution in [0.25, 0.3) is 11.1 Å². The predicted octanol–water partition coefficient (Wildman–Crippen LogP) is 4.13. The van der Waals surface area contributed by atoms with Crippen LogP contribution in [0.3, 0.4) is 0 Å². The highest BCUT2D eigenvalue weighted by molar-refractivity contribution is 9.08. The van der Waals surface area contributed by atoms with Crippen molar-refractivity contribution in [3.05, 3.63) is 53.6 Å². The number of hydrogen-bond acceptors (Lipinski definition) is 2. The van der Waals surface area contributed by atoms with Gasteiger partial charge >= 0.3 is 0 Å². The molecular weight excluding hydrogens is 290 g/mol. The van der Waals surface area contributed by atoms with Crippen LogP contribution < -0.4 is 4.74 Å². The average Bonchev–Trinajstić information content (AvgIpc) is 2.46. The summed E-state index contributed by atoms with van der Waals surface area (Å²) in [6, 6.07) is 15.9. The van der Waals surface area contributed by atoms with E-state index in [0.29, 0.717) is 11.3 Å². The summed E-state index contributed by atoms with van der Waals surface area (Å²) in [5, 5.41) is 10.0. The van der Waals surface area contributed by atoms with Crippen molar-refractivity contribution >= 4 is 15.9 Å². The van der Waals surface area contributed by atoms with Gasteiger partial charge in [-0.25, -0.2) is 0 Å². The van der Waals surface area contributed by atoms with Gasteiger partial charge in [-0.1, -0.05) is 40.2 Å². The van der Waals surface area contributed by atoms with E-state index in [-0.39, 0.29) is 0 Å². The van der Waals surface area contributed by atoms with Gasteiger partial charge in [0.2, 0.25) is 0 Å². The molecule has 0 aliphatic heterocycles. The van der Waals surface area contributed by atoms with Crippen molar-refractivity contribution in [2.24, 2.45) is 0 Å². The van der Waals surface area contributed by atoms with Gasteiger partial charge < -0.3 is 4.74 Å². The molecule has 0 aromatic heterocycles. The molecular formula is C15H12BrNO. The van der Waals surface area contributed by atoms with E-state index < -0.39 is 0 Å². The number of halogens is 1. The Labute approximate surface area is 115 Å². The Morgan fingerprint density at radius 1 is 1.17 bits per heavy atom. The number of nitriles is 1. The third kappa shape index (κ3) is 2.55. The van der Waals surface area contributed by atoms with Crippen LogP contribution in [-0.2, 0) is 5.33 Å². The van der Waals surface area contributed by atoms with E-state index in [1.807, 2.05) is 24.3 Å². The van der Waals surface area contributed by atoms with Crippen LogP contribution in [-0.4, -0.2) is 7.11 Å². The molecule has 18 heavy (non-hydrogen) atoms. The molecule has 0 saturated heterocycles. The number of nitrogens with zero attached hydrogens (tertiary/aromatic N) is 1. The van der Waals surface area contributed by atoms with Gasteiger partial charge in [0, 0.05) is 5.33 Å². The third-order valence-electron chi connectivity index (χ3n) is 2.77. The van der Waals surface area contributed by atoms with Crippen LogP contribution >= 0.6 is 15.9 Å². The van der Waals surface area contributed by atoms with Crippen molar-refractivity contribution in [2.75, 3.05) is 7.11 Å². The summed E-state index contributed by atoms with van der Waals surface area (Å²) in [4.78, 5) is 0. The minimum absolute atomic E-state index is 0.626. The van der Waals surface area contributed by atoms with Crippen molar-refractivity contribution in [3.63, 3.8) is 0 Å². The summed E-state index contributed by atoms with van der Waals surface area (Å²) in [5.74, 6) is 0.701. The van der Waals surface area contributed by atoms with E-state index in [0.717, 1.165) is 16.5 Å². The van der Waals surface area contributed by atoms with Crippen molar-refractivity contribution in [3.8, 4) is 22.9 Å². The van der Waals surface area contributed by atoms with E-state index in [1.165, 1.54) is 5.56 Å². The Morgan fingerprint density at radius 2 is 1.89 bits per heavy atom. The first kappa shape index (κ1) is 12.7. The molecule has 0 N–H and O–H groups in total. The maximum absolute atomic E-state index is 9.19. The fourth-order valence-electron chi connectivity index (χ4n) is 1.77. The molecule has 0 amide bonds. The predicted molar refractivity (Wildman–Crippen MR) is 75.8 cm³/mol. The Balaban J connectivity index is 2.46. The molecule has 0 unspecified atom stereocenters. The lowest BCUT2D eigenvalue weighted by atomic mass is 9.99. The number of alkyl halides is 1. The minimum atomic E-state index is 0.626. The quantitative estimate of drug-likeness (QED) is 0.799. The van der Waals surface area contributed by atoms with E-state index in [9.17, 15) is 5.26 Å². The molecule has 0 aliphatic rings. The second-order valence-electron chi connectivity index (χ2n) is 3.85. The summed E-state index contributed by atoms with van der Waals surface area (Å²) in [6.07, 6.45) is 0. The van der Waals surface area contributed by atoms with Gasteiger partial charge in [0.15, 0.2) is 0 Å². The Kier molecular flexibility index (Phi) is 4.01. The van der Waals surface area contributed by atoms with E-state index in [2.05, 4.69) is 34.1 Å². The Hall–Kier alpha value is -1.79. The van der Waals surface area contributed by atoms with Gasteiger partial charge in [-0.3, -0.25) is 0 Å². The molecule has 0 aliphatic carbocycles. The van der Waals surface area contributed by atoms with Gasteiger partial charge in [0.25, 0.3) is 0 Å². The fraction of sp³-hybridized carbons (Fsp3) is 0.133. The highest BCUT2D eigenvalue weighted by atomic mass is 79.9. The molecule has 2 aromatic carbocycles. The Morgan fingerprint density at radius 3 is 2.44 bits per heavy atom. The molecule has 0 bridgehead atoms. The van der Waals surface area contributed by atoms with Crippen LogP contribution in [0, 0.1) is 11.3 Å². The van der Waals surface area contributed by atoms with Crippen LogP contribution in [0.4, 0.5) is 0 Å². The smallest absolute Gasteiger partial charge is 0.120 e. The van der Waals surface area contributed by atoms with Crippen molar-refractivity contribution in [1.82, 2.24) is 0 Å². The average molecular weight is 302 g/mol. The topological polar surface area (TPSA) is 33.0 Å². The van der Waals surface area contributed by atoms with Gasteiger partial charge in [-0.15, -0.1) is 0 Å². The summed E-state index contributed by atoms with van der Waals surface area (Å²) < 4.78 is 5.13. The highest BCUT2D eigenvalue weighted by Crippen LogP contribution is 2.27. The molecule has 0 saturated carbocycles. The summed E-state index contributed by atoms with van der Waals surface area (Å²) >= 11 is 3.42. The number of ether oxygens (including phenoxy) is 1. The molecule has 3 heteroatoms. The first-order chi connectivity index (χ1) is 8.78. The Bertz CT molecular complexity index is 584. The second-order valence-corrected chi connectivity index (χ2v) is 4.41. The molecule has 0 spiro atoms. The molecule has 0 atom stereocenters. The molecule has 90 valence electrons. The SMILES string of the molecule is COc1ccc(-c2ccc(CBr)cc2)c(C#N)c1. The standard InChI is InChI=1S/C15H12BrNO/c1-18-14-6-7-15(13(8-14)10-17)12-4-2-11(9-16)3-5-12/h2-8H,9H2,1H3. The maximum atomic E-state index is 9.19. The number of methoxy groups -OCH3 is 1. The lowest BCUT2D eigenvalue weighted by molar-refractivity contribution is 0.414. The molecule has 0 radical (unpaired) electrons. The zero-order valence-electron chi connectivity index (χ0n) is 9.98. The van der Waals surface area contributed by atoms with E-state index in [1.54, 1.807) is 13.2 Å². The third-order valence-corrected chi connectivity index (χ3v) is 3.41. The molecule has 2 rings (SSSR count). The molecule has 2 nitrogen and oxygen atoms in total.